The van der Waals surface area contributed by atoms with Crippen molar-refractivity contribution in [2.24, 2.45) is 5.73 Å². The molecule has 0 spiro atoms. The monoisotopic (exact) mass is 220 g/mol. The molecule has 2 aromatic rings. The number of pyridine rings is 1. The SMILES string of the molecule is COc1ncccc1-c1nc(CCN)no1. The minimum atomic E-state index is 0.397. The fourth-order valence-corrected chi connectivity index (χ4v) is 1.31. The van der Waals surface area contributed by atoms with E-state index in [-0.39, 0.29) is 0 Å². The summed E-state index contributed by atoms with van der Waals surface area (Å²) in [5.41, 5.74) is 6.09. The number of hydrogen-bond donors (Lipinski definition) is 1. The minimum absolute atomic E-state index is 0.397. The third-order valence-electron chi connectivity index (χ3n) is 2.03. The van der Waals surface area contributed by atoms with Gasteiger partial charge in [0.25, 0.3) is 5.89 Å². The van der Waals surface area contributed by atoms with E-state index in [0.29, 0.717) is 36.1 Å². The molecular formula is C10H12N4O2. The number of nitrogens with two attached hydrogens (primary N) is 1. The Bertz CT molecular complexity index is 469. The molecular weight excluding hydrogens is 208 g/mol. The maximum absolute atomic E-state index is 5.41. The Kier molecular flexibility index (Phi) is 3.11. The van der Waals surface area contributed by atoms with E-state index >= 15 is 0 Å². The normalized spacial score (nSPS) is 10.4. The van der Waals surface area contributed by atoms with Crippen LogP contribution in [0.4, 0.5) is 0 Å². The summed E-state index contributed by atoms with van der Waals surface area (Å²) in [5.74, 6) is 1.45. The maximum atomic E-state index is 5.41. The van der Waals surface area contributed by atoms with Crippen LogP contribution in [0.5, 0.6) is 5.88 Å². The summed E-state index contributed by atoms with van der Waals surface area (Å²) < 4.78 is 10.2. The quantitative estimate of drug-likeness (QED) is 0.813. The molecule has 0 saturated carbocycles. The van der Waals surface area contributed by atoms with Gasteiger partial charge in [-0.2, -0.15) is 4.98 Å². The lowest BCUT2D eigenvalue weighted by Gasteiger charge is -2.01. The molecule has 84 valence electrons. The molecule has 0 aliphatic heterocycles. The Hall–Kier alpha value is -1.95. The average molecular weight is 220 g/mol. The van der Waals surface area contributed by atoms with E-state index in [9.17, 15) is 0 Å². The van der Waals surface area contributed by atoms with Crippen molar-refractivity contribution in [2.75, 3.05) is 13.7 Å². The first-order chi connectivity index (χ1) is 7.85. The lowest BCUT2D eigenvalue weighted by molar-refractivity contribution is 0.390. The third kappa shape index (κ3) is 2.01. The van der Waals surface area contributed by atoms with Crippen LogP contribution in [-0.4, -0.2) is 28.8 Å². The molecule has 0 aliphatic carbocycles. The van der Waals surface area contributed by atoms with E-state index in [4.69, 9.17) is 15.0 Å². The zero-order valence-electron chi connectivity index (χ0n) is 8.88. The van der Waals surface area contributed by atoms with Crippen molar-refractivity contribution >= 4 is 0 Å². The van der Waals surface area contributed by atoms with Gasteiger partial charge >= 0.3 is 0 Å². The van der Waals surface area contributed by atoms with Crippen molar-refractivity contribution in [1.82, 2.24) is 15.1 Å². The van der Waals surface area contributed by atoms with Crippen LogP contribution in [0.15, 0.2) is 22.9 Å². The zero-order valence-corrected chi connectivity index (χ0v) is 8.88. The zero-order chi connectivity index (χ0) is 11.4. The molecule has 6 nitrogen and oxygen atoms in total. The van der Waals surface area contributed by atoms with Gasteiger partial charge in [-0.25, -0.2) is 4.98 Å². The number of methoxy groups -OCH3 is 1. The molecule has 16 heavy (non-hydrogen) atoms. The second kappa shape index (κ2) is 4.71. The highest BCUT2D eigenvalue weighted by molar-refractivity contribution is 5.59. The largest absolute Gasteiger partial charge is 0.480 e. The second-order valence-electron chi connectivity index (χ2n) is 3.11. The highest BCUT2D eigenvalue weighted by Gasteiger charge is 2.13. The van der Waals surface area contributed by atoms with Crippen LogP contribution >= 0.6 is 0 Å². The smallest absolute Gasteiger partial charge is 0.263 e. The number of hydrogen-bond acceptors (Lipinski definition) is 6. The topological polar surface area (TPSA) is 87.1 Å². The van der Waals surface area contributed by atoms with Crippen LogP contribution in [0.2, 0.25) is 0 Å². The van der Waals surface area contributed by atoms with Crippen molar-refractivity contribution < 1.29 is 9.26 Å². The summed E-state index contributed by atoms with van der Waals surface area (Å²) in [6.45, 7) is 0.489. The Morgan fingerprint density at radius 3 is 3.12 bits per heavy atom. The van der Waals surface area contributed by atoms with Crippen LogP contribution < -0.4 is 10.5 Å². The summed E-state index contributed by atoms with van der Waals surface area (Å²) in [5, 5.41) is 3.81. The van der Waals surface area contributed by atoms with E-state index in [0.717, 1.165) is 0 Å². The molecule has 0 unspecified atom stereocenters. The molecule has 0 amide bonds. The van der Waals surface area contributed by atoms with Crippen LogP contribution in [0, 0.1) is 0 Å². The van der Waals surface area contributed by atoms with Gasteiger partial charge in [0.15, 0.2) is 5.82 Å². The van der Waals surface area contributed by atoms with Gasteiger partial charge in [-0.1, -0.05) is 5.16 Å². The summed E-state index contributed by atoms with van der Waals surface area (Å²) in [4.78, 5) is 8.26. The van der Waals surface area contributed by atoms with E-state index in [1.807, 2.05) is 6.07 Å². The molecule has 0 bridgehead atoms. The van der Waals surface area contributed by atoms with Crippen molar-refractivity contribution in [2.45, 2.75) is 6.42 Å². The van der Waals surface area contributed by atoms with Gasteiger partial charge in [-0.15, -0.1) is 0 Å². The average Bonchev–Trinajstić information content (AvgIpc) is 2.78. The number of nitrogens with zero attached hydrogens (tertiary/aromatic N) is 3. The second-order valence-corrected chi connectivity index (χ2v) is 3.11. The predicted octanol–water partition coefficient (Wildman–Crippen LogP) is 0.641. The van der Waals surface area contributed by atoms with Gasteiger partial charge in [0.2, 0.25) is 5.88 Å². The fourth-order valence-electron chi connectivity index (χ4n) is 1.31. The molecule has 0 fully saturated rings. The van der Waals surface area contributed by atoms with E-state index in [1.54, 1.807) is 19.4 Å². The van der Waals surface area contributed by atoms with E-state index in [2.05, 4.69) is 15.1 Å². The molecule has 0 radical (unpaired) electrons. The Morgan fingerprint density at radius 1 is 1.50 bits per heavy atom. The first-order valence-electron chi connectivity index (χ1n) is 4.87. The fraction of sp³-hybridized carbons (Fsp3) is 0.300. The van der Waals surface area contributed by atoms with Crippen LogP contribution in [-0.2, 0) is 6.42 Å². The standard InChI is InChI=1S/C10H12N4O2/c1-15-9-7(3-2-6-12-9)10-13-8(4-5-11)14-16-10/h2-3,6H,4-5,11H2,1H3. The molecule has 6 heteroatoms. The van der Waals surface area contributed by atoms with Gasteiger partial charge in [0.05, 0.1) is 7.11 Å². The van der Waals surface area contributed by atoms with Gasteiger partial charge in [0, 0.05) is 12.6 Å². The molecule has 2 heterocycles. The number of aromatic nitrogens is 3. The Labute approximate surface area is 92.4 Å². The molecule has 2 rings (SSSR count). The lowest BCUT2D eigenvalue weighted by Crippen LogP contribution is -2.03. The highest BCUT2D eigenvalue weighted by atomic mass is 16.5. The third-order valence-corrected chi connectivity index (χ3v) is 2.03. The summed E-state index contributed by atoms with van der Waals surface area (Å²) in [6.07, 6.45) is 2.23. The molecule has 0 aliphatic rings. The molecule has 0 atom stereocenters. The first kappa shape index (κ1) is 10.6. The predicted molar refractivity (Wildman–Crippen MR) is 56.8 cm³/mol. The Morgan fingerprint density at radius 2 is 2.38 bits per heavy atom. The minimum Gasteiger partial charge on any atom is -0.480 e. The lowest BCUT2D eigenvalue weighted by atomic mass is 10.2. The maximum Gasteiger partial charge on any atom is 0.263 e. The summed E-state index contributed by atoms with van der Waals surface area (Å²) in [6, 6.07) is 3.59. The molecule has 2 aromatic heterocycles. The van der Waals surface area contributed by atoms with Crippen molar-refractivity contribution in [3.8, 4) is 17.3 Å². The number of ether oxygens (including phenoxy) is 1. The molecule has 0 saturated heterocycles. The van der Waals surface area contributed by atoms with Gasteiger partial charge in [-0.05, 0) is 18.7 Å². The molecule has 0 aromatic carbocycles. The van der Waals surface area contributed by atoms with Crippen LogP contribution in [0.1, 0.15) is 5.82 Å². The van der Waals surface area contributed by atoms with Gasteiger partial charge in [0.1, 0.15) is 5.56 Å². The van der Waals surface area contributed by atoms with Gasteiger partial charge in [-0.3, -0.25) is 0 Å². The van der Waals surface area contributed by atoms with Crippen LogP contribution in [0.3, 0.4) is 0 Å². The van der Waals surface area contributed by atoms with Crippen molar-refractivity contribution in [3.63, 3.8) is 0 Å². The van der Waals surface area contributed by atoms with Gasteiger partial charge < -0.3 is 15.0 Å². The van der Waals surface area contributed by atoms with E-state index in [1.165, 1.54) is 0 Å². The highest BCUT2D eigenvalue weighted by Crippen LogP contribution is 2.25. The summed E-state index contributed by atoms with van der Waals surface area (Å²) in [7, 11) is 1.54. The van der Waals surface area contributed by atoms with E-state index < -0.39 is 0 Å². The van der Waals surface area contributed by atoms with Crippen molar-refractivity contribution in [1.29, 1.82) is 0 Å². The van der Waals surface area contributed by atoms with Crippen LogP contribution in [0.25, 0.3) is 11.5 Å². The van der Waals surface area contributed by atoms with Crippen molar-refractivity contribution in [3.05, 3.63) is 24.2 Å². The molecule has 2 N–H and O–H groups in total. The first-order valence-corrected chi connectivity index (χ1v) is 4.87. The number of rotatable bonds is 4. The summed E-state index contributed by atoms with van der Waals surface area (Å²) >= 11 is 0. The Balaban J connectivity index is 2.34.